The van der Waals surface area contributed by atoms with Gasteiger partial charge in [-0.05, 0) is 37.6 Å². The minimum atomic E-state index is 0.398. The lowest BCUT2D eigenvalue weighted by Gasteiger charge is -2.25. The van der Waals surface area contributed by atoms with Gasteiger partial charge in [0.2, 0.25) is 0 Å². The highest BCUT2D eigenvalue weighted by Crippen LogP contribution is 2.44. The maximum absolute atomic E-state index is 2.41. The molecule has 0 aliphatic carbocycles. The summed E-state index contributed by atoms with van der Waals surface area (Å²) in [6.07, 6.45) is 2.23. The van der Waals surface area contributed by atoms with Crippen molar-refractivity contribution in [2.75, 3.05) is 4.90 Å². The Morgan fingerprint density at radius 1 is 0.944 bits per heavy atom. The van der Waals surface area contributed by atoms with Crippen molar-refractivity contribution >= 4 is 16.9 Å². The molecule has 18 heavy (non-hydrogen) atoms. The first-order valence-corrected chi connectivity index (χ1v) is 6.43. The SMILES string of the molecule is C/C=C1/c2ccccc2N(c2ccccc2)C1C. The summed E-state index contributed by atoms with van der Waals surface area (Å²) in [6.45, 7) is 4.39. The van der Waals surface area contributed by atoms with Crippen molar-refractivity contribution in [3.63, 3.8) is 0 Å². The van der Waals surface area contributed by atoms with Crippen molar-refractivity contribution in [2.45, 2.75) is 19.9 Å². The smallest absolute Gasteiger partial charge is 0.0567 e. The average molecular weight is 235 g/mol. The largest absolute Gasteiger partial charge is 0.334 e. The molecule has 1 aliphatic heterocycles. The van der Waals surface area contributed by atoms with Gasteiger partial charge in [-0.2, -0.15) is 0 Å². The lowest BCUT2D eigenvalue weighted by Crippen LogP contribution is -2.23. The lowest BCUT2D eigenvalue weighted by atomic mass is 10.0. The molecule has 0 saturated heterocycles. The van der Waals surface area contributed by atoms with Crippen LogP contribution in [0.15, 0.2) is 60.7 Å². The number of allylic oxidation sites excluding steroid dienone is 1. The summed E-state index contributed by atoms with van der Waals surface area (Å²) in [7, 11) is 0. The fourth-order valence-electron chi connectivity index (χ4n) is 2.85. The average Bonchev–Trinajstić information content (AvgIpc) is 2.71. The van der Waals surface area contributed by atoms with Crippen LogP contribution in [-0.2, 0) is 0 Å². The van der Waals surface area contributed by atoms with Crippen molar-refractivity contribution in [3.8, 4) is 0 Å². The van der Waals surface area contributed by atoms with Gasteiger partial charge in [0.05, 0.1) is 6.04 Å². The second-order valence-corrected chi connectivity index (χ2v) is 4.64. The van der Waals surface area contributed by atoms with E-state index in [1.54, 1.807) is 0 Å². The van der Waals surface area contributed by atoms with Gasteiger partial charge in [0, 0.05) is 16.9 Å². The molecule has 1 heterocycles. The fourth-order valence-corrected chi connectivity index (χ4v) is 2.85. The number of rotatable bonds is 1. The summed E-state index contributed by atoms with van der Waals surface area (Å²) >= 11 is 0. The van der Waals surface area contributed by atoms with E-state index in [2.05, 4.69) is 79.4 Å². The molecule has 0 bridgehead atoms. The van der Waals surface area contributed by atoms with Crippen molar-refractivity contribution in [3.05, 3.63) is 66.2 Å². The topological polar surface area (TPSA) is 3.24 Å². The molecule has 0 saturated carbocycles. The summed E-state index contributed by atoms with van der Waals surface area (Å²) in [4.78, 5) is 2.41. The molecule has 0 N–H and O–H groups in total. The maximum Gasteiger partial charge on any atom is 0.0567 e. The zero-order chi connectivity index (χ0) is 12.5. The summed E-state index contributed by atoms with van der Waals surface area (Å²) in [5.41, 5.74) is 5.34. The van der Waals surface area contributed by atoms with Crippen LogP contribution in [0, 0.1) is 0 Å². The van der Waals surface area contributed by atoms with Gasteiger partial charge in [-0.1, -0.05) is 42.5 Å². The molecular weight excluding hydrogens is 218 g/mol. The van der Waals surface area contributed by atoms with Gasteiger partial charge >= 0.3 is 0 Å². The minimum Gasteiger partial charge on any atom is -0.334 e. The van der Waals surface area contributed by atoms with Crippen molar-refractivity contribution in [2.24, 2.45) is 0 Å². The van der Waals surface area contributed by atoms with Crippen LogP contribution in [0.4, 0.5) is 11.4 Å². The number of hydrogen-bond acceptors (Lipinski definition) is 1. The van der Waals surface area contributed by atoms with E-state index in [4.69, 9.17) is 0 Å². The highest BCUT2D eigenvalue weighted by molar-refractivity contribution is 5.91. The zero-order valence-corrected chi connectivity index (χ0v) is 10.8. The highest BCUT2D eigenvalue weighted by Gasteiger charge is 2.30. The molecule has 1 atom stereocenters. The summed E-state index contributed by atoms with van der Waals surface area (Å²) in [5, 5.41) is 0. The van der Waals surface area contributed by atoms with Crippen LogP contribution in [-0.4, -0.2) is 6.04 Å². The van der Waals surface area contributed by atoms with Crippen LogP contribution in [0.1, 0.15) is 19.4 Å². The van der Waals surface area contributed by atoms with Gasteiger partial charge in [0.1, 0.15) is 0 Å². The van der Waals surface area contributed by atoms with E-state index in [9.17, 15) is 0 Å². The quantitative estimate of drug-likeness (QED) is 0.696. The number of anilines is 2. The Hall–Kier alpha value is -2.02. The second-order valence-electron chi connectivity index (χ2n) is 4.64. The molecule has 1 aliphatic rings. The Morgan fingerprint density at radius 2 is 1.61 bits per heavy atom. The first-order valence-electron chi connectivity index (χ1n) is 6.43. The number of fused-ring (bicyclic) bond motifs is 1. The molecule has 3 rings (SSSR count). The molecule has 0 amide bonds. The van der Waals surface area contributed by atoms with Gasteiger partial charge in [0.25, 0.3) is 0 Å². The predicted octanol–water partition coefficient (Wildman–Crippen LogP) is 4.63. The Kier molecular flexibility index (Phi) is 2.67. The maximum atomic E-state index is 2.41. The number of hydrogen-bond donors (Lipinski definition) is 0. The fraction of sp³-hybridized carbons (Fsp3) is 0.176. The molecular formula is C17H17N. The van der Waals surface area contributed by atoms with Crippen LogP contribution >= 0.6 is 0 Å². The van der Waals surface area contributed by atoms with Gasteiger partial charge in [-0.3, -0.25) is 0 Å². The van der Waals surface area contributed by atoms with Crippen LogP contribution in [0.5, 0.6) is 0 Å². The first-order chi connectivity index (χ1) is 8.83. The van der Waals surface area contributed by atoms with Gasteiger partial charge in [0.15, 0.2) is 0 Å². The zero-order valence-electron chi connectivity index (χ0n) is 10.8. The lowest BCUT2D eigenvalue weighted by molar-refractivity contribution is 0.915. The molecule has 2 aromatic carbocycles. The summed E-state index contributed by atoms with van der Waals surface area (Å²) < 4.78 is 0. The minimum absolute atomic E-state index is 0.398. The molecule has 0 aromatic heterocycles. The van der Waals surface area contributed by atoms with Crippen molar-refractivity contribution < 1.29 is 0 Å². The third-order valence-electron chi connectivity index (χ3n) is 3.66. The number of benzene rings is 2. The molecule has 2 aromatic rings. The van der Waals surface area contributed by atoms with E-state index < -0.39 is 0 Å². The third kappa shape index (κ3) is 1.55. The summed E-state index contributed by atoms with van der Waals surface area (Å²) in [6, 6.07) is 19.6. The van der Waals surface area contributed by atoms with Crippen molar-refractivity contribution in [1.82, 2.24) is 0 Å². The van der Waals surface area contributed by atoms with Crippen LogP contribution in [0.2, 0.25) is 0 Å². The molecule has 0 radical (unpaired) electrons. The van der Waals surface area contributed by atoms with E-state index in [0.717, 1.165) is 0 Å². The molecule has 1 heteroatoms. The van der Waals surface area contributed by atoms with E-state index >= 15 is 0 Å². The number of para-hydroxylation sites is 2. The van der Waals surface area contributed by atoms with Crippen LogP contribution in [0.25, 0.3) is 5.57 Å². The van der Waals surface area contributed by atoms with Gasteiger partial charge < -0.3 is 4.90 Å². The Labute approximate surface area is 108 Å². The standard InChI is InChI=1S/C17H17N/c1-3-15-13(2)18(14-9-5-4-6-10-14)17-12-8-7-11-16(15)17/h3-13H,1-2H3/b15-3+. The van der Waals surface area contributed by atoms with Gasteiger partial charge in [-0.15, -0.1) is 0 Å². The van der Waals surface area contributed by atoms with Crippen LogP contribution < -0.4 is 4.90 Å². The molecule has 0 spiro atoms. The molecule has 90 valence electrons. The summed E-state index contributed by atoms with van der Waals surface area (Å²) in [5.74, 6) is 0. The van der Waals surface area contributed by atoms with Crippen LogP contribution in [0.3, 0.4) is 0 Å². The van der Waals surface area contributed by atoms with E-state index in [1.165, 1.54) is 22.5 Å². The third-order valence-corrected chi connectivity index (χ3v) is 3.66. The molecule has 1 unspecified atom stereocenters. The number of nitrogens with zero attached hydrogens (tertiary/aromatic N) is 1. The first kappa shape index (κ1) is 11.1. The Balaban J connectivity index is 2.18. The molecule has 0 fully saturated rings. The Morgan fingerprint density at radius 3 is 2.33 bits per heavy atom. The van der Waals surface area contributed by atoms with Crippen molar-refractivity contribution in [1.29, 1.82) is 0 Å². The van der Waals surface area contributed by atoms with E-state index in [0.29, 0.717) is 6.04 Å². The van der Waals surface area contributed by atoms with Gasteiger partial charge in [-0.25, -0.2) is 0 Å². The Bertz CT molecular complexity index is 584. The van der Waals surface area contributed by atoms with E-state index in [-0.39, 0.29) is 0 Å². The highest BCUT2D eigenvalue weighted by atomic mass is 15.2. The second kappa shape index (κ2) is 4.34. The monoisotopic (exact) mass is 235 g/mol. The predicted molar refractivity (Wildman–Crippen MR) is 78.1 cm³/mol. The normalized spacial score (nSPS) is 20.2. The van der Waals surface area contributed by atoms with E-state index in [1.807, 2.05) is 0 Å². The molecule has 1 nitrogen and oxygen atoms in total.